The van der Waals surface area contributed by atoms with E-state index in [2.05, 4.69) is 10.3 Å². The summed E-state index contributed by atoms with van der Waals surface area (Å²) < 4.78 is 26.6. The first-order valence-electron chi connectivity index (χ1n) is 8.94. The van der Waals surface area contributed by atoms with E-state index in [4.69, 9.17) is 0 Å². The van der Waals surface area contributed by atoms with E-state index in [1.807, 2.05) is 6.07 Å². The Morgan fingerprint density at radius 1 is 0.833 bits per heavy atom. The zero-order valence-corrected chi connectivity index (χ0v) is 16.2. The summed E-state index contributed by atoms with van der Waals surface area (Å²) in [5, 5.41) is 4.58. The van der Waals surface area contributed by atoms with Crippen LogP contribution in [0.4, 0.5) is 13.9 Å². The summed E-state index contributed by atoms with van der Waals surface area (Å²) >= 11 is 1.14. The molecule has 0 aliphatic rings. The van der Waals surface area contributed by atoms with Crippen molar-refractivity contribution in [2.24, 2.45) is 0 Å². The molecule has 0 aliphatic heterocycles. The summed E-state index contributed by atoms with van der Waals surface area (Å²) in [4.78, 5) is 29.9. The highest BCUT2D eigenvalue weighted by Gasteiger charge is 2.19. The fourth-order valence-corrected chi connectivity index (χ4v) is 3.62. The van der Waals surface area contributed by atoms with E-state index >= 15 is 0 Å². The summed E-state index contributed by atoms with van der Waals surface area (Å²) in [5.41, 5.74) is 1.77. The van der Waals surface area contributed by atoms with Crippen molar-refractivity contribution in [3.63, 3.8) is 0 Å². The van der Waals surface area contributed by atoms with Crippen molar-refractivity contribution in [1.82, 2.24) is 4.98 Å². The third kappa shape index (κ3) is 4.01. The number of aromatic nitrogens is 1. The van der Waals surface area contributed by atoms with Gasteiger partial charge in [-0.2, -0.15) is 0 Å². The molecular weight excluding hydrogens is 406 g/mol. The van der Waals surface area contributed by atoms with E-state index in [1.165, 1.54) is 6.07 Å². The van der Waals surface area contributed by atoms with Gasteiger partial charge in [-0.1, -0.05) is 48.5 Å². The van der Waals surface area contributed by atoms with Gasteiger partial charge in [-0.25, -0.2) is 13.8 Å². The van der Waals surface area contributed by atoms with Crippen LogP contribution in [0.15, 0.2) is 78.2 Å². The number of carbonyl (C=O) groups is 2. The summed E-state index contributed by atoms with van der Waals surface area (Å²) in [6, 6.07) is 18.7. The molecule has 1 aromatic heterocycles. The third-order valence-electron chi connectivity index (χ3n) is 4.39. The van der Waals surface area contributed by atoms with Crippen molar-refractivity contribution in [3.05, 3.63) is 107 Å². The number of amides is 1. The van der Waals surface area contributed by atoms with Crippen molar-refractivity contribution in [1.29, 1.82) is 0 Å². The van der Waals surface area contributed by atoms with Crippen LogP contribution in [0.3, 0.4) is 0 Å². The Labute approximate surface area is 174 Å². The third-order valence-corrected chi connectivity index (χ3v) is 5.15. The molecule has 1 heterocycles. The molecule has 30 heavy (non-hydrogen) atoms. The standard InChI is InChI=1S/C23H14F2N2O2S/c24-18-11-10-15(12-19(18)25)20-13-30-23(26-20)27-22(29)17-9-5-4-8-16(17)21(28)14-6-2-1-3-7-14/h1-13H,(H,26,27,29). The number of hydrogen-bond acceptors (Lipinski definition) is 4. The fourth-order valence-electron chi connectivity index (χ4n) is 2.91. The summed E-state index contributed by atoms with van der Waals surface area (Å²) in [6.45, 7) is 0. The molecular formula is C23H14F2N2O2S. The van der Waals surface area contributed by atoms with E-state index in [-0.39, 0.29) is 22.0 Å². The maximum Gasteiger partial charge on any atom is 0.258 e. The van der Waals surface area contributed by atoms with Gasteiger partial charge in [0.25, 0.3) is 5.91 Å². The van der Waals surface area contributed by atoms with Gasteiger partial charge >= 0.3 is 0 Å². The molecule has 7 heteroatoms. The molecule has 0 aliphatic carbocycles. The van der Waals surface area contributed by atoms with E-state index in [9.17, 15) is 18.4 Å². The number of nitrogens with one attached hydrogen (secondary N) is 1. The monoisotopic (exact) mass is 420 g/mol. The Kier molecular flexibility index (Phi) is 5.45. The van der Waals surface area contributed by atoms with Crippen LogP contribution in [0.1, 0.15) is 26.3 Å². The summed E-state index contributed by atoms with van der Waals surface area (Å²) in [5.74, 6) is -2.66. The molecule has 3 aromatic carbocycles. The van der Waals surface area contributed by atoms with Crippen LogP contribution in [0.25, 0.3) is 11.3 Å². The fraction of sp³-hybridized carbons (Fsp3) is 0. The molecule has 4 nitrogen and oxygen atoms in total. The van der Waals surface area contributed by atoms with Crippen molar-refractivity contribution >= 4 is 28.2 Å². The molecule has 1 N–H and O–H groups in total. The molecule has 0 saturated carbocycles. The number of carbonyl (C=O) groups excluding carboxylic acids is 2. The van der Waals surface area contributed by atoms with Crippen LogP contribution in [0.5, 0.6) is 0 Å². The lowest BCUT2D eigenvalue weighted by atomic mass is 9.98. The number of benzene rings is 3. The smallest absolute Gasteiger partial charge is 0.258 e. The Bertz CT molecular complexity index is 1240. The van der Waals surface area contributed by atoms with Gasteiger partial charge in [-0.15, -0.1) is 11.3 Å². The normalized spacial score (nSPS) is 10.6. The molecule has 4 rings (SSSR count). The van der Waals surface area contributed by atoms with Crippen molar-refractivity contribution in [3.8, 4) is 11.3 Å². The molecule has 4 aromatic rings. The van der Waals surface area contributed by atoms with E-state index in [0.717, 1.165) is 23.5 Å². The van der Waals surface area contributed by atoms with Crippen LogP contribution < -0.4 is 5.32 Å². The molecule has 0 unspecified atom stereocenters. The van der Waals surface area contributed by atoms with Crippen LogP contribution in [0.2, 0.25) is 0 Å². The average Bonchev–Trinajstić information content (AvgIpc) is 3.24. The average molecular weight is 420 g/mol. The zero-order valence-electron chi connectivity index (χ0n) is 15.4. The first-order chi connectivity index (χ1) is 14.5. The van der Waals surface area contributed by atoms with Gasteiger partial charge in [0.05, 0.1) is 11.3 Å². The highest BCUT2D eigenvalue weighted by atomic mass is 32.1. The Hall–Kier alpha value is -3.71. The number of rotatable bonds is 5. The molecule has 1 amide bonds. The van der Waals surface area contributed by atoms with E-state index < -0.39 is 17.5 Å². The van der Waals surface area contributed by atoms with Gasteiger partial charge in [0.2, 0.25) is 0 Å². The number of hydrogen-bond donors (Lipinski definition) is 1. The highest BCUT2D eigenvalue weighted by Crippen LogP contribution is 2.27. The van der Waals surface area contributed by atoms with Crippen LogP contribution in [-0.4, -0.2) is 16.7 Å². The van der Waals surface area contributed by atoms with Gasteiger partial charge in [0.15, 0.2) is 22.5 Å². The zero-order chi connectivity index (χ0) is 21.1. The van der Waals surface area contributed by atoms with Gasteiger partial charge in [0.1, 0.15) is 0 Å². The molecule has 0 atom stereocenters. The van der Waals surface area contributed by atoms with Crippen molar-refractivity contribution in [2.45, 2.75) is 0 Å². The maximum absolute atomic E-state index is 13.5. The predicted octanol–water partition coefficient (Wildman–Crippen LogP) is 5.57. The van der Waals surface area contributed by atoms with Gasteiger partial charge in [-0.3, -0.25) is 14.9 Å². The second kappa shape index (κ2) is 8.34. The number of thiazole rings is 1. The number of ketones is 1. The van der Waals surface area contributed by atoms with Gasteiger partial charge < -0.3 is 0 Å². The quantitative estimate of drug-likeness (QED) is 0.429. The molecule has 0 fully saturated rings. The molecule has 148 valence electrons. The minimum absolute atomic E-state index is 0.218. The predicted molar refractivity (Wildman–Crippen MR) is 112 cm³/mol. The SMILES string of the molecule is O=C(Nc1nc(-c2ccc(F)c(F)c2)cs1)c1ccccc1C(=O)c1ccccc1. The van der Waals surface area contributed by atoms with Crippen molar-refractivity contribution in [2.75, 3.05) is 5.32 Å². The largest absolute Gasteiger partial charge is 0.298 e. The Morgan fingerprint density at radius 3 is 2.27 bits per heavy atom. The maximum atomic E-state index is 13.5. The first kappa shape index (κ1) is 19.6. The second-order valence-electron chi connectivity index (χ2n) is 6.36. The van der Waals surface area contributed by atoms with E-state index in [1.54, 1.807) is 53.9 Å². The number of nitrogens with zero attached hydrogens (tertiary/aromatic N) is 1. The second-order valence-corrected chi connectivity index (χ2v) is 7.22. The molecule has 0 spiro atoms. The topological polar surface area (TPSA) is 59.1 Å². The lowest BCUT2D eigenvalue weighted by molar-refractivity contribution is 0.0996. The summed E-state index contributed by atoms with van der Waals surface area (Å²) in [7, 11) is 0. The molecule has 0 bridgehead atoms. The van der Waals surface area contributed by atoms with Gasteiger partial charge in [0, 0.05) is 22.1 Å². The Balaban J connectivity index is 1.58. The lowest BCUT2D eigenvalue weighted by Gasteiger charge is -2.08. The number of halogens is 2. The van der Waals surface area contributed by atoms with Crippen LogP contribution in [-0.2, 0) is 0 Å². The van der Waals surface area contributed by atoms with E-state index in [0.29, 0.717) is 16.8 Å². The number of anilines is 1. The minimum atomic E-state index is -0.973. The van der Waals surface area contributed by atoms with Crippen molar-refractivity contribution < 1.29 is 18.4 Å². The Morgan fingerprint density at radius 2 is 1.53 bits per heavy atom. The van der Waals surface area contributed by atoms with Crippen LogP contribution >= 0.6 is 11.3 Å². The summed E-state index contributed by atoms with van der Waals surface area (Å²) in [6.07, 6.45) is 0. The highest BCUT2D eigenvalue weighted by molar-refractivity contribution is 7.14. The minimum Gasteiger partial charge on any atom is -0.298 e. The first-order valence-corrected chi connectivity index (χ1v) is 9.82. The van der Waals surface area contributed by atoms with Gasteiger partial charge in [-0.05, 0) is 24.3 Å². The van der Waals surface area contributed by atoms with Crippen LogP contribution in [0, 0.1) is 11.6 Å². The molecule has 0 saturated heterocycles. The molecule has 0 radical (unpaired) electrons. The lowest BCUT2D eigenvalue weighted by Crippen LogP contribution is -2.16.